The molecule has 1 saturated heterocycles. The molecule has 0 saturated carbocycles. The van der Waals surface area contributed by atoms with E-state index in [1.807, 2.05) is 0 Å². The van der Waals surface area contributed by atoms with Crippen molar-refractivity contribution in [3.63, 3.8) is 0 Å². The second-order valence-corrected chi connectivity index (χ2v) is 9.87. The molecule has 2 amide bonds. The molecular weight excluding hydrogens is 445 g/mol. The lowest BCUT2D eigenvalue weighted by molar-refractivity contribution is -0.133. The predicted molar refractivity (Wildman–Crippen MR) is 125 cm³/mol. The van der Waals surface area contributed by atoms with E-state index < -0.39 is 10.0 Å². The highest BCUT2D eigenvalue weighted by atomic mass is 32.2. The van der Waals surface area contributed by atoms with Crippen LogP contribution in [0, 0.1) is 11.7 Å². The van der Waals surface area contributed by atoms with Crippen molar-refractivity contribution in [1.29, 1.82) is 0 Å². The topological polar surface area (TPSA) is 95.6 Å². The van der Waals surface area contributed by atoms with Gasteiger partial charge in [-0.25, -0.2) is 17.5 Å². The van der Waals surface area contributed by atoms with E-state index >= 15 is 0 Å². The van der Waals surface area contributed by atoms with Gasteiger partial charge in [-0.2, -0.15) is 0 Å². The van der Waals surface area contributed by atoms with Crippen LogP contribution in [-0.4, -0.2) is 44.8 Å². The maximum Gasteiger partial charge on any atom is 0.229 e. The number of anilines is 1. The molecule has 176 valence electrons. The number of carbonyl (C=O) groups excluding carboxylic acids is 2. The number of nitrogens with zero attached hydrogens (tertiary/aromatic N) is 1. The number of benzene rings is 2. The van der Waals surface area contributed by atoms with Gasteiger partial charge in [0.2, 0.25) is 21.8 Å². The van der Waals surface area contributed by atoms with Crippen molar-refractivity contribution in [1.82, 2.24) is 9.62 Å². The Labute approximate surface area is 193 Å². The summed E-state index contributed by atoms with van der Waals surface area (Å²) in [5.41, 5.74) is 1.89. The van der Waals surface area contributed by atoms with Crippen LogP contribution >= 0.6 is 0 Å². The van der Waals surface area contributed by atoms with Crippen LogP contribution in [0.15, 0.2) is 61.2 Å². The fourth-order valence-corrected chi connectivity index (χ4v) is 4.80. The SMILES string of the molecule is C=CCNS(=O)(=O)Cc1ccc(NC(=O)C2CCCN(C(=O)Cc3ccc(F)cc3)C2)cc1. The Morgan fingerprint density at radius 3 is 2.42 bits per heavy atom. The Bertz CT molecular complexity index is 1090. The molecule has 0 spiro atoms. The van der Waals surface area contributed by atoms with Crippen LogP contribution < -0.4 is 10.0 Å². The summed E-state index contributed by atoms with van der Waals surface area (Å²) in [5, 5.41) is 2.85. The standard InChI is InChI=1S/C24H28FN3O4S/c1-2-13-26-33(31,32)17-19-7-11-22(12-8-19)27-24(30)20-4-3-14-28(16-20)23(29)15-18-5-9-21(25)10-6-18/h2,5-12,20,26H,1,3-4,13-17H2,(H,27,30). The van der Waals surface area contributed by atoms with E-state index in [0.717, 1.165) is 12.0 Å². The van der Waals surface area contributed by atoms with E-state index in [9.17, 15) is 22.4 Å². The smallest absolute Gasteiger partial charge is 0.229 e. The zero-order valence-corrected chi connectivity index (χ0v) is 19.1. The van der Waals surface area contributed by atoms with Gasteiger partial charge < -0.3 is 10.2 Å². The lowest BCUT2D eigenvalue weighted by atomic mass is 9.96. The van der Waals surface area contributed by atoms with Crippen LogP contribution in [0.2, 0.25) is 0 Å². The van der Waals surface area contributed by atoms with E-state index in [-0.39, 0.29) is 42.3 Å². The molecule has 0 bridgehead atoms. The van der Waals surface area contributed by atoms with Crippen molar-refractivity contribution in [3.05, 3.63) is 78.1 Å². The first-order valence-corrected chi connectivity index (χ1v) is 12.4. The highest BCUT2D eigenvalue weighted by Gasteiger charge is 2.28. The number of nitrogens with one attached hydrogen (secondary N) is 2. The number of amides is 2. The number of halogens is 1. The van der Waals surface area contributed by atoms with Gasteiger partial charge in [0.25, 0.3) is 0 Å². The van der Waals surface area contributed by atoms with Crippen molar-refractivity contribution in [2.45, 2.75) is 25.0 Å². The summed E-state index contributed by atoms with van der Waals surface area (Å²) < 4.78 is 39.4. The van der Waals surface area contributed by atoms with E-state index in [2.05, 4.69) is 16.6 Å². The fraction of sp³-hybridized carbons (Fsp3) is 0.333. The molecule has 3 rings (SSSR count). The highest BCUT2D eigenvalue weighted by molar-refractivity contribution is 7.88. The Morgan fingerprint density at radius 1 is 1.09 bits per heavy atom. The Balaban J connectivity index is 1.53. The Hall–Kier alpha value is -3.04. The first-order valence-electron chi connectivity index (χ1n) is 10.8. The van der Waals surface area contributed by atoms with Crippen LogP contribution in [0.3, 0.4) is 0 Å². The molecule has 1 atom stereocenters. The van der Waals surface area contributed by atoms with Gasteiger partial charge in [-0.1, -0.05) is 30.3 Å². The maximum absolute atomic E-state index is 13.1. The van der Waals surface area contributed by atoms with E-state index in [4.69, 9.17) is 0 Å². The summed E-state index contributed by atoms with van der Waals surface area (Å²) in [5.74, 6) is -1.11. The molecular formula is C24H28FN3O4S. The molecule has 0 radical (unpaired) electrons. The lowest BCUT2D eigenvalue weighted by Crippen LogP contribution is -2.44. The van der Waals surface area contributed by atoms with Gasteiger partial charge in [-0.05, 0) is 48.2 Å². The molecule has 9 heteroatoms. The zero-order chi connectivity index (χ0) is 23.8. The maximum atomic E-state index is 13.1. The molecule has 2 aromatic rings. The normalized spacial score (nSPS) is 16.3. The van der Waals surface area contributed by atoms with Gasteiger partial charge in [0.1, 0.15) is 5.82 Å². The monoisotopic (exact) mass is 473 g/mol. The van der Waals surface area contributed by atoms with Gasteiger partial charge in [-0.15, -0.1) is 6.58 Å². The van der Waals surface area contributed by atoms with Crippen LogP contribution in [-0.2, 0) is 31.8 Å². The summed E-state index contributed by atoms with van der Waals surface area (Å²) in [7, 11) is -3.45. The van der Waals surface area contributed by atoms with Crippen molar-refractivity contribution in [2.75, 3.05) is 25.0 Å². The van der Waals surface area contributed by atoms with Crippen LogP contribution in [0.5, 0.6) is 0 Å². The fourth-order valence-electron chi connectivity index (χ4n) is 3.69. The molecule has 1 heterocycles. The minimum atomic E-state index is -3.45. The number of likely N-dealkylation sites (tertiary alicyclic amines) is 1. The van der Waals surface area contributed by atoms with E-state index in [1.54, 1.807) is 41.3 Å². The minimum absolute atomic E-state index is 0.0882. The van der Waals surface area contributed by atoms with Crippen molar-refractivity contribution in [3.8, 4) is 0 Å². The average molecular weight is 474 g/mol. The number of sulfonamides is 1. The van der Waals surface area contributed by atoms with E-state index in [1.165, 1.54) is 18.2 Å². The van der Waals surface area contributed by atoms with Gasteiger partial charge in [-0.3, -0.25) is 9.59 Å². The second-order valence-electron chi connectivity index (χ2n) is 8.06. The number of hydrogen-bond donors (Lipinski definition) is 2. The molecule has 33 heavy (non-hydrogen) atoms. The van der Waals surface area contributed by atoms with Crippen molar-refractivity contribution >= 4 is 27.5 Å². The molecule has 1 unspecified atom stereocenters. The molecule has 1 fully saturated rings. The molecule has 0 aromatic heterocycles. The van der Waals surface area contributed by atoms with Crippen LogP contribution in [0.4, 0.5) is 10.1 Å². The molecule has 1 aliphatic rings. The van der Waals surface area contributed by atoms with Crippen LogP contribution in [0.25, 0.3) is 0 Å². The summed E-state index contributed by atoms with van der Waals surface area (Å²) in [6, 6.07) is 12.5. The Kier molecular flexibility index (Phi) is 8.35. The second kappa shape index (κ2) is 11.2. The molecule has 7 nitrogen and oxygen atoms in total. The number of carbonyl (C=O) groups is 2. The largest absolute Gasteiger partial charge is 0.342 e. The summed E-state index contributed by atoms with van der Waals surface area (Å²) in [6.45, 7) is 4.57. The third-order valence-corrected chi connectivity index (χ3v) is 6.76. The number of rotatable bonds is 9. The molecule has 2 aromatic carbocycles. The number of piperidine rings is 1. The van der Waals surface area contributed by atoms with Gasteiger partial charge >= 0.3 is 0 Å². The van der Waals surface area contributed by atoms with E-state index in [0.29, 0.717) is 30.8 Å². The van der Waals surface area contributed by atoms with Gasteiger partial charge in [0.05, 0.1) is 18.1 Å². The molecule has 2 N–H and O–H groups in total. The average Bonchev–Trinajstić information content (AvgIpc) is 2.80. The third-order valence-electron chi connectivity index (χ3n) is 5.44. The third kappa shape index (κ3) is 7.50. The van der Waals surface area contributed by atoms with Crippen molar-refractivity contribution in [2.24, 2.45) is 5.92 Å². The zero-order valence-electron chi connectivity index (χ0n) is 18.3. The first kappa shape index (κ1) is 24.6. The Morgan fingerprint density at radius 2 is 1.76 bits per heavy atom. The summed E-state index contributed by atoms with van der Waals surface area (Å²) in [4.78, 5) is 27.1. The number of hydrogen-bond acceptors (Lipinski definition) is 4. The van der Waals surface area contributed by atoms with Gasteiger partial charge in [0, 0.05) is 25.3 Å². The van der Waals surface area contributed by atoms with Crippen LogP contribution in [0.1, 0.15) is 24.0 Å². The minimum Gasteiger partial charge on any atom is -0.342 e. The predicted octanol–water partition coefficient (Wildman–Crippen LogP) is 2.85. The molecule has 1 aliphatic heterocycles. The summed E-state index contributed by atoms with van der Waals surface area (Å²) >= 11 is 0. The summed E-state index contributed by atoms with van der Waals surface area (Å²) in [6.07, 6.45) is 3.04. The lowest BCUT2D eigenvalue weighted by Gasteiger charge is -2.32. The van der Waals surface area contributed by atoms with Crippen molar-refractivity contribution < 1.29 is 22.4 Å². The first-order chi connectivity index (χ1) is 15.8. The highest BCUT2D eigenvalue weighted by Crippen LogP contribution is 2.20. The van der Waals surface area contributed by atoms with Gasteiger partial charge in [0.15, 0.2) is 0 Å². The molecule has 0 aliphatic carbocycles. The quantitative estimate of drug-likeness (QED) is 0.548.